The molecule has 0 heterocycles. The Morgan fingerprint density at radius 2 is 2.31 bits per heavy atom. The lowest BCUT2D eigenvalue weighted by Gasteiger charge is -2.08. The summed E-state index contributed by atoms with van der Waals surface area (Å²) in [7, 11) is 0. The van der Waals surface area contributed by atoms with Gasteiger partial charge in [0.15, 0.2) is 0 Å². The zero-order chi connectivity index (χ0) is 9.84. The smallest absolute Gasteiger partial charge is 0.335 e. The quantitative estimate of drug-likeness (QED) is 0.640. The summed E-state index contributed by atoms with van der Waals surface area (Å²) in [6, 6.07) is 6.39. The van der Waals surface area contributed by atoms with Crippen molar-refractivity contribution in [2.45, 2.75) is 6.04 Å². The predicted molar refractivity (Wildman–Crippen MR) is 54.2 cm³/mol. The van der Waals surface area contributed by atoms with Gasteiger partial charge in [-0.1, -0.05) is 12.1 Å². The molecule has 0 aliphatic carbocycles. The van der Waals surface area contributed by atoms with Crippen LogP contribution in [0.2, 0.25) is 0 Å². The Kier molecular flexibility index (Phi) is 3.33. The van der Waals surface area contributed by atoms with E-state index in [9.17, 15) is 4.79 Å². The van der Waals surface area contributed by atoms with Gasteiger partial charge in [0, 0.05) is 11.8 Å². The van der Waals surface area contributed by atoms with Gasteiger partial charge in [0.05, 0.1) is 5.56 Å². The highest BCUT2D eigenvalue weighted by Gasteiger charge is 2.07. The topological polar surface area (TPSA) is 63.3 Å². The number of benzene rings is 1. The summed E-state index contributed by atoms with van der Waals surface area (Å²) in [5, 5.41) is 8.70. The molecule has 1 atom stereocenters. The van der Waals surface area contributed by atoms with Crippen molar-refractivity contribution in [1.82, 2.24) is 0 Å². The van der Waals surface area contributed by atoms with Crippen molar-refractivity contribution in [1.29, 1.82) is 0 Å². The van der Waals surface area contributed by atoms with E-state index in [0.717, 1.165) is 5.56 Å². The fourth-order valence-electron chi connectivity index (χ4n) is 1.01. The number of hydrogen-bond donors (Lipinski definition) is 3. The maximum atomic E-state index is 10.6. The Balaban J connectivity index is 2.98. The molecule has 0 spiro atoms. The lowest BCUT2D eigenvalue weighted by atomic mass is 10.1. The van der Waals surface area contributed by atoms with E-state index >= 15 is 0 Å². The molecule has 13 heavy (non-hydrogen) atoms. The molecule has 4 heteroatoms. The summed E-state index contributed by atoms with van der Waals surface area (Å²) in [5.74, 6) is -0.434. The summed E-state index contributed by atoms with van der Waals surface area (Å²) in [6.07, 6.45) is 0. The molecule has 1 rings (SSSR count). The van der Waals surface area contributed by atoms with E-state index in [1.54, 1.807) is 18.2 Å². The molecule has 0 aromatic heterocycles. The van der Waals surface area contributed by atoms with E-state index in [0.29, 0.717) is 5.75 Å². The van der Waals surface area contributed by atoms with Crippen LogP contribution in [0.4, 0.5) is 0 Å². The third-order valence-electron chi connectivity index (χ3n) is 1.76. The fourth-order valence-corrected chi connectivity index (χ4v) is 1.22. The van der Waals surface area contributed by atoms with Crippen LogP contribution in [-0.2, 0) is 0 Å². The van der Waals surface area contributed by atoms with Gasteiger partial charge in [-0.05, 0) is 17.7 Å². The van der Waals surface area contributed by atoms with Crippen LogP contribution < -0.4 is 5.73 Å². The molecular weight excluding hydrogens is 186 g/mol. The summed E-state index contributed by atoms with van der Waals surface area (Å²) in [6.45, 7) is 0. The van der Waals surface area contributed by atoms with Crippen LogP contribution in [0.25, 0.3) is 0 Å². The van der Waals surface area contributed by atoms with Gasteiger partial charge in [0.2, 0.25) is 0 Å². The molecule has 0 aliphatic rings. The van der Waals surface area contributed by atoms with Crippen LogP contribution in [0.5, 0.6) is 0 Å². The fraction of sp³-hybridized carbons (Fsp3) is 0.222. The standard InChI is InChI=1S/C9H11NO2S/c10-8(5-13)6-2-1-3-7(4-6)9(11)12/h1-4,8,13H,5,10H2,(H,11,12)/t8-/m1/s1. The van der Waals surface area contributed by atoms with Crippen LogP contribution in [0.3, 0.4) is 0 Å². The number of aromatic carboxylic acids is 1. The molecule has 0 fully saturated rings. The zero-order valence-electron chi connectivity index (χ0n) is 6.97. The van der Waals surface area contributed by atoms with Gasteiger partial charge in [0.25, 0.3) is 0 Å². The number of carboxylic acids is 1. The third kappa shape index (κ3) is 2.47. The molecule has 0 bridgehead atoms. The van der Waals surface area contributed by atoms with Crippen LogP contribution in [0.15, 0.2) is 24.3 Å². The largest absolute Gasteiger partial charge is 0.478 e. The maximum absolute atomic E-state index is 10.6. The summed E-state index contributed by atoms with van der Waals surface area (Å²) < 4.78 is 0. The number of rotatable bonds is 3. The molecule has 1 aromatic rings. The lowest BCUT2D eigenvalue weighted by molar-refractivity contribution is 0.0697. The Morgan fingerprint density at radius 1 is 1.62 bits per heavy atom. The third-order valence-corrected chi connectivity index (χ3v) is 2.15. The zero-order valence-corrected chi connectivity index (χ0v) is 7.87. The van der Waals surface area contributed by atoms with Gasteiger partial charge in [-0.15, -0.1) is 0 Å². The van der Waals surface area contributed by atoms with Crippen LogP contribution in [0, 0.1) is 0 Å². The highest BCUT2D eigenvalue weighted by atomic mass is 32.1. The summed E-state index contributed by atoms with van der Waals surface area (Å²) >= 11 is 4.04. The van der Waals surface area contributed by atoms with Crippen molar-refractivity contribution in [3.05, 3.63) is 35.4 Å². The molecule has 0 saturated heterocycles. The molecule has 0 unspecified atom stereocenters. The van der Waals surface area contributed by atoms with Crippen molar-refractivity contribution in [3.8, 4) is 0 Å². The van der Waals surface area contributed by atoms with Crippen molar-refractivity contribution in [3.63, 3.8) is 0 Å². The predicted octanol–water partition coefficient (Wildman–Crippen LogP) is 1.31. The first-order valence-electron chi connectivity index (χ1n) is 3.85. The minimum Gasteiger partial charge on any atom is -0.478 e. The molecule has 70 valence electrons. The first-order chi connectivity index (χ1) is 6.15. The first-order valence-corrected chi connectivity index (χ1v) is 4.48. The number of hydrogen-bond acceptors (Lipinski definition) is 3. The normalized spacial score (nSPS) is 12.5. The maximum Gasteiger partial charge on any atom is 0.335 e. The number of nitrogens with two attached hydrogens (primary N) is 1. The minimum atomic E-state index is -0.937. The molecular formula is C9H11NO2S. The Bertz CT molecular complexity index is 314. The van der Waals surface area contributed by atoms with Gasteiger partial charge in [-0.25, -0.2) is 4.79 Å². The lowest BCUT2D eigenvalue weighted by Crippen LogP contribution is -2.12. The summed E-state index contributed by atoms with van der Waals surface area (Å²) in [4.78, 5) is 10.6. The van der Waals surface area contributed by atoms with Gasteiger partial charge in [-0.2, -0.15) is 12.6 Å². The monoisotopic (exact) mass is 197 g/mol. The second-order valence-corrected chi connectivity index (χ2v) is 3.08. The molecule has 3 N–H and O–H groups in total. The van der Waals surface area contributed by atoms with Gasteiger partial charge < -0.3 is 10.8 Å². The number of carbonyl (C=O) groups is 1. The Morgan fingerprint density at radius 3 is 2.85 bits per heavy atom. The van der Waals surface area contributed by atoms with E-state index in [4.69, 9.17) is 10.8 Å². The number of carboxylic acid groups (broad SMARTS) is 1. The minimum absolute atomic E-state index is 0.206. The van der Waals surface area contributed by atoms with Gasteiger partial charge in [-0.3, -0.25) is 0 Å². The van der Waals surface area contributed by atoms with E-state index in [2.05, 4.69) is 12.6 Å². The molecule has 1 aromatic carbocycles. The highest BCUT2D eigenvalue weighted by Crippen LogP contribution is 2.13. The first kappa shape index (κ1) is 10.1. The van der Waals surface area contributed by atoms with Crippen molar-refractivity contribution in [2.24, 2.45) is 5.73 Å². The Hall–Kier alpha value is -1.00. The molecule has 3 nitrogen and oxygen atoms in total. The molecule has 0 saturated carbocycles. The highest BCUT2D eigenvalue weighted by molar-refractivity contribution is 7.80. The van der Waals surface area contributed by atoms with Gasteiger partial charge in [0.1, 0.15) is 0 Å². The second-order valence-electron chi connectivity index (χ2n) is 2.72. The van der Waals surface area contributed by atoms with E-state index in [1.165, 1.54) is 6.07 Å². The SMILES string of the molecule is N[C@H](CS)c1cccc(C(=O)O)c1. The summed E-state index contributed by atoms with van der Waals surface area (Å²) in [5.41, 5.74) is 6.75. The van der Waals surface area contributed by atoms with Crippen molar-refractivity contribution in [2.75, 3.05) is 5.75 Å². The van der Waals surface area contributed by atoms with E-state index < -0.39 is 5.97 Å². The van der Waals surface area contributed by atoms with Crippen molar-refractivity contribution < 1.29 is 9.90 Å². The van der Waals surface area contributed by atoms with Gasteiger partial charge >= 0.3 is 5.97 Å². The second kappa shape index (κ2) is 4.30. The Labute approximate surface area is 82.0 Å². The average molecular weight is 197 g/mol. The molecule has 0 amide bonds. The van der Waals surface area contributed by atoms with Crippen LogP contribution in [-0.4, -0.2) is 16.8 Å². The van der Waals surface area contributed by atoms with Crippen LogP contribution >= 0.6 is 12.6 Å². The molecule has 0 aliphatic heterocycles. The molecule has 0 radical (unpaired) electrons. The van der Waals surface area contributed by atoms with Crippen LogP contribution in [0.1, 0.15) is 22.0 Å². The average Bonchev–Trinajstić information content (AvgIpc) is 2.17. The van der Waals surface area contributed by atoms with Crippen molar-refractivity contribution >= 4 is 18.6 Å². The van der Waals surface area contributed by atoms with E-state index in [-0.39, 0.29) is 11.6 Å². The van der Waals surface area contributed by atoms with E-state index in [1.807, 2.05) is 0 Å². The number of thiol groups is 1.